The lowest BCUT2D eigenvalue weighted by molar-refractivity contribution is -0.142. The van der Waals surface area contributed by atoms with Crippen LogP contribution in [0.4, 0.5) is 4.79 Å². The summed E-state index contributed by atoms with van der Waals surface area (Å²) in [6.45, 7) is 4.99. The average molecular weight is 270 g/mol. The number of amides is 2. The Morgan fingerprint density at radius 1 is 1.42 bits per heavy atom. The van der Waals surface area contributed by atoms with E-state index >= 15 is 0 Å². The molecule has 2 unspecified atom stereocenters. The van der Waals surface area contributed by atoms with E-state index in [-0.39, 0.29) is 24.2 Å². The third-order valence-electron chi connectivity index (χ3n) is 4.16. The molecule has 2 atom stereocenters. The molecule has 0 aromatic rings. The topological polar surface area (TPSA) is 78.9 Å². The van der Waals surface area contributed by atoms with E-state index in [2.05, 4.69) is 5.32 Å². The van der Waals surface area contributed by atoms with Gasteiger partial charge in [0.1, 0.15) is 0 Å². The Hall–Kier alpha value is -1.30. The number of aliphatic carboxylic acids is 1. The van der Waals surface area contributed by atoms with Gasteiger partial charge in [-0.25, -0.2) is 4.79 Å². The van der Waals surface area contributed by atoms with Gasteiger partial charge in [-0.05, 0) is 33.1 Å². The van der Waals surface area contributed by atoms with Crippen molar-refractivity contribution in [2.24, 2.45) is 5.92 Å². The van der Waals surface area contributed by atoms with Gasteiger partial charge in [-0.15, -0.1) is 0 Å². The quantitative estimate of drug-likeness (QED) is 0.800. The Bertz CT molecular complexity index is 355. The van der Waals surface area contributed by atoms with Crippen molar-refractivity contribution in [2.75, 3.05) is 13.2 Å². The first-order valence-corrected chi connectivity index (χ1v) is 6.94. The lowest BCUT2D eigenvalue weighted by atomic mass is 9.89. The molecule has 108 valence electrons. The maximum Gasteiger partial charge on any atom is 0.317 e. The highest BCUT2D eigenvalue weighted by Gasteiger charge is 2.39. The fraction of sp³-hybridized carbons (Fsp3) is 0.846. The minimum atomic E-state index is -0.817. The van der Waals surface area contributed by atoms with Crippen LogP contribution in [0.25, 0.3) is 0 Å². The molecule has 2 amide bonds. The van der Waals surface area contributed by atoms with Crippen LogP contribution in [0.15, 0.2) is 0 Å². The Labute approximate surface area is 113 Å². The van der Waals surface area contributed by atoms with Crippen LogP contribution >= 0.6 is 0 Å². The molecule has 0 bridgehead atoms. The number of carbonyl (C=O) groups excluding carboxylic acids is 1. The summed E-state index contributed by atoms with van der Waals surface area (Å²) < 4.78 is 5.44. The zero-order chi connectivity index (χ0) is 14.0. The molecular formula is C13H22N2O4. The maximum absolute atomic E-state index is 12.1. The first kappa shape index (κ1) is 14.1. The van der Waals surface area contributed by atoms with Gasteiger partial charge >= 0.3 is 12.0 Å². The van der Waals surface area contributed by atoms with Gasteiger partial charge in [0.25, 0.3) is 0 Å². The summed E-state index contributed by atoms with van der Waals surface area (Å²) in [7, 11) is 0. The molecule has 0 spiro atoms. The monoisotopic (exact) mass is 270 g/mol. The van der Waals surface area contributed by atoms with Gasteiger partial charge in [-0.2, -0.15) is 0 Å². The lowest BCUT2D eigenvalue weighted by Crippen LogP contribution is -2.53. The van der Waals surface area contributed by atoms with Crippen LogP contribution in [0.3, 0.4) is 0 Å². The van der Waals surface area contributed by atoms with Crippen molar-refractivity contribution in [2.45, 2.75) is 51.3 Å². The summed E-state index contributed by atoms with van der Waals surface area (Å²) in [5.41, 5.74) is 0. The second-order valence-corrected chi connectivity index (χ2v) is 5.36. The van der Waals surface area contributed by atoms with Crippen LogP contribution in [0.2, 0.25) is 0 Å². The Balaban J connectivity index is 1.77. The smallest absolute Gasteiger partial charge is 0.317 e. The fourth-order valence-electron chi connectivity index (χ4n) is 2.87. The number of hydrogen-bond donors (Lipinski definition) is 2. The van der Waals surface area contributed by atoms with E-state index in [9.17, 15) is 9.59 Å². The van der Waals surface area contributed by atoms with Crippen LogP contribution in [0.5, 0.6) is 0 Å². The second kappa shape index (κ2) is 5.77. The number of nitrogens with zero attached hydrogens (tertiary/aromatic N) is 1. The maximum atomic E-state index is 12.1. The first-order chi connectivity index (χ1) is 9.02. The Morgan fingerprint density at radius 2 is 2.11 bits per heavy atom. The summed E-state index contributed by atoms with van der Waals surface area (Å²) in [5, 5.41) is 12.0. The number of carboxylic acids is 1. The molecule has 19 heavy (non-hydrogen) atoms. The normalized spacial score (nSPS) is 33.9. The highest BCUT2D eigenvalue weighted by molar-refractivity contribution is 5.78. The standard InChI is InChI=1S/C13H22N2O4/c1-3-19-10-6-9(7-10)14-13(18)15-5-4-11(8(15)2)12(16)17/h8-11H,3-7H2,1-2H3,(H,14,18)(H,16,17). The van der Waals surface area contributed by atoms with Crippen LogP contribution in [0.1, 0.15) is 33.1 Å². The van der Waals surface area contributed by atoms with E-state index in [0.717, 1.165) is 12.8 Å². The highest BCUT2D eigenvalue weighted by atomic mass is 16.5. The number of hydrogen-bond acceptors (Lipinski definition) is 3. The fourth-order valence-corrected chi connectivity index (χ4v) is 2.87. The van der Waals surface area contributed by atoms with E-state index in [4.69, 9.17) is 9.84 Å². The molecule has 6 heteroatoms. The largest absolute Gasteiger partial charge is 0.481 e. The Morgan fingerprint density at radius 3 is 2.63 bits per heavy atom. The zero-order valence-electron chi connectivity index (χ0n) is 11.5. The van der Waals surface area contributed by atoms with E-state index < -0.39 is 11.9 Å². The second-order valence-electron chi connectivity index (χ2n) is 5.36. The van der Waals surface area contributed by atoms with Gasteiger partial charge in [0.05, 0.1) is 12.0 Å². The van der Waals surface area contributed by atoms with Crippen molar-refractivity contribution in [1.29, 1.82) is 0 Å². The number of nitrogens with one attached hydrogen (secondary N) is 1. The number of ether oxygens (including phenoxy) is 1. The van der Waals surface area contributed by atoms with Gasteiger partial charge < -0.3 is 20.1 Å². The first-order valence-electron chi connectivity index (χ1n) is 6.94. The molecule has 2 rings (SSSR count). The summed E-state index contributed by atoms with van der Waals surface area (Å²) in [4.78, 5) is 24.7. The van der Waals surface area contributed by atoms with Crippen molar-refractivity contribution in [3.8, 4) is 0 Å². The SMILES string of the molecule is CCOC1CC(NC(=O)N2CCC(C(=O)O)C2C)C1. The number of rotatable bonds is 4. The van der Waals surface area contributed by atoms with Crippen molar-refractivity contribution in [3.05, 3.63) is 0 Å². The molecule has 1 aliphatic carbocycles. The molecule has 1 saturated carbocycles. The van der Waals surface area contributed by atoms with E-state index in [1.807, 2.05) is 6.92 Å². The van der Waals surface area contributed by atoms with Crippen LogP contribution in [0, 0.1) is 5.92 Å². The van der Waals surface area contributed by atoms with Gasteiger partial charge in [-0.1, -0.05) is 0 Å². The molecule has 2 aliphatic rings. The van der Waals surface area contributed by atoms with E-state index in [0.29, 0.717) is 19.6 Å². The number of carbonyl (C=O) groups is 2. The molecular weight excluding hydrogens is 248 g/mol. The van der Waals surface area contributed by atoms with Crippen LogP contribution < -0.4 is 5.32 Å². The number of carboxylic acid groups (broad SMARTS) is 1. The summed E-state index contributed by atoms with van der Waals surface area (Å²) in [6.07, 6.45) is 2.50. The predicted octanol–water partition coefficient (Wildman–Crippen LogP) is 1.06. The van der Waals surface area contributed by atoms with Crippen LogP contribution in [-0.4, -0.2) is 53.3 Å². The molecule has 1 saturated heterocycles. The summed E-state index contributed by atoms with van der Waals surface area (Å²) >= 11 is 0. The molecule has 6 nitrogen and oxygen atoms in total. The molecule has 1 aliphatic heterocycles. The van der Waals surface area contributed by atoms with Crippen molar-refractivity contribution in [3.63, 3.8) is 0 Å². The van der Waals surface area contributed by atoms with E-state index in [1.165, 1.54) is 0 Å². The van der Waals surface area contributed by atoms with Crippen molar-refractivity contribution in [1.82, 2.24) is 10.2 Å². The molecule has 0 aromatic carbocycles. The van der Waals surface area contributed by atoms with Gasteiger partial charge in [-0.3, -0.25) is 4.79 Å². The average Bonchev–Trinajstić information content (AvgIpc) is 2.68. The summed E-state index contributed by atoms with van der Waals surface area (Å²) in [6, 6.07) is -0.211. The Kier molecular flexibility index (Phi) is 4.29. The molecule has 2 N–H and O–H groups in total. The van der Waals surface area contributed by atoms with Crippen LogP contribution in [-0.2, 0) is 9.53 Å². The van der Waals surface area contributed by atoms with Gasteiger partial charge in [0.15, 0.2) is 0 Å². The minimum absolute atomic E-state index is 0.142. The summed E-state index contributed by atoms with van der Waals surface area (Å²) in [5.74, 6) is -1.26. The molecule has 2 fully saturated rings. The number of likely N-dealkylation sites (tertiary alicyclic amines) is 1. The van der Waals surface area contributed by atoms with E-state index in [1.54, 1.807) is 11.8 Å². The third kappa shape index (κ3) is 3.00. The molecule has 0 aromatic heterocycles. The van der Waals surface area contributed by atoms with Gasteiger partial charge in [0, 0.05) is 25.2 Å². The molecule has 0 radical (unpaired) electrons. The third-order valence-corrected chi connectivity index (χ3v) is 4.16. The van der Waals surface area contributed by atoms with Gasteiger partial charge in [0.2, 0.25) is 0 Å². The molecule has 1 heterocycles. The predicted molar refractivity (Wildman–Crippen MR) is 68.9 cm³/mol. The number of urea groups is 1. The zero-order valence-corrected chi connectivity index (χ0v) is 11.5. The lowest BCUT2D eigenvalue weighted by Gasteiger charge is -2.37. The highest BCUT2D eigenvalue weighted by Crippen LogP contribution is 2.26. The minimum Gasteiger partial charge on any atom is -0.481 e. The van der Waals surface area contributed by atoms with Crippen molar-refractivity contribution < 1.29 is 19.4 Å². The van der Waals surface area contributed by atoms with Crippen molar-refractivity contribution >= 4 is 12.0 Å².